The third kappa shape index (κ3) is 4.48. The molecule has 3 heterocycles. The molecule has 0 fully saturated rings. The van der Waals surface area contributed by atoms with Crippen LogP contribution in [-0.2, 0) is 6.42 Å². The number of hydrogen-bond donors (Lipinski definition) is 0. The molecule has 1 unspecified atom stereocenters. The highest BCUT2D eigenvalue weighted by molar-refractivity contribution is 6.09. The van der Waals surface area contributed by atoms with Crippen molar-refractivity contribution in [1.29, 1.82) is 10.5 Å². The zero-order valence-electron chi connectivity index (χ0n) is 26.6. The third-order valence-corrected chi connectivity index (χ3v) is 9.97. The Hall–Kier alpha value is -6.69. The van der Waals surface area contributed by atoms with Crippen LogP contribution in [0.25, 0.3) is 55.7 Å². The summed E-state index contributed by atoms with van der Waals surface area (Å²) in [5, 5.41) is 24.2. The summed E-state index contributed by atoms with van der Waals surface area (Å²) in [6.45, 7) is 0. The average molecular weight is 628 g/mol. The van der Waals surface area contributed by atoms with Gasteiger partial charge in [0.05, 0.1) is 46.1 Å². The number of aromatic nitrogens is 3. The molecule has 9 rings (SSSR count). The van der Waals surface area contributed by atoms with Gasteiger partial charge in [-0.05, 0) is 60.0 Å². The van der Waals surface area contributed by atoms with Gasteiger partial charge in [0.1, 0.15) is 0 Å². The van der Waals surface area contributed by atoms with Crippen LogP contribution in [0.4, 0.5) is 0 Å². The second-order valence-electron chi connectivity index (χ2n) is 12.5. The molecule has 0 saturated carbocycles. The average Bonchev–Trinajstić information content (AvgIpc) is 3.54. The molecule has 0 N–H and O–H groups in total. The molecule has 230 valence electrons. The summed E-state index contributed by atoms with van der Waals surface area (Å²) in [5.41, 5.74) is 12.0. The minimum absolute atomic E-state index is 0.190. The highest BCUT2D eigenvalue weighted by atomic mass is 15.0. The first-order chi connectivity index (χ1) is 24.2. The van der Waals surface area contributed by atoms with E-state index in [2.05, 4.69) is 129 Å². The van der Waals surface area contributed by atoms with Crippen LogP contribution in [0.5, 0.6) is 0 Å². The first kappa shape index (κ1) is 28.5. The zero-order valence-corrected chi connectivity index (χ0v) is 26.6. The molecule has 5 nitrogen and oxygen atoms in total. The van der Waals surface area contributed by atoms with Gasteiger partial charge in [0, 0.05) is 62.8 Å². The first-order valence-corrected chi connectivity index (χ1v) is 16.5. The molecule has 49 heavy (non-hydrogen) atoms. The molecule has 1 atom stereocenters. The van der Waals surface area contributed by atoms with Gasteiger partial charge in [-0.3, -0.25) is 4.98 Å². The van der Waals surface area contributed by atoms with E-state index in [1.165, 1.54) is 16.6 Å². The largest absolute Gasteiger partial charge is 0.312 e. The Labute approximate surface area is 283 Å². The summed E-state index contributed by atoms with van der Waals surface area (Å²) >= 11 is 0. The van der Waals surface area contributed by atoms with Crippen LogP contribution in [0.15, 0.2) is 145 Å². The monoisotopic (exact) mass is 627 g/mol. The van der Waals surface area contributed by atoms with Gasteiger partial charge >= 0.3 is 0 Å². The molecule has 0 saturated heterocycles. The van der Waals surface area contributed by atoms with Crippen molar-refractivity contribution in [3.8, 4) is 23.5 Å². The Kier molecular flexibility index (Phi) is 6.71. The summed E-state index contributed by atoms with van der Waals surface area (Å²) in [6, 6.07) is 38.6. The maximum atomic E-state index is 10.7. The van der Waals surface area contributed by atoms with E-state index in [0.29, 0.717) is 17.6 Å². The summed E-state index contributed by atoms with van der Waals surface area (Å²) in [6.07, 6.45) is 17.7. The number of nitrogens with zero attached hydrogens (tertiary/aromatic N) is 5. The lowest BCUT2D eigenvalue weighted by Gasteiger charge is -2.27. The lowest BCUT2D eigenvalue weighted by atomic mass is 9.77. The predicted molar refractivity (Wildman–Crippen MR) is 197 cm³/mol. The van der Waals surface area contributed by atoms with Crippen LogP contribution in [0, 0.1) is 22.7 Å². The molecule has 3 aromatic heterocycles. The number of rotatable bonds is 4. The van der Waals surface area contributed by atoms with Crippen molar-refractivity contribution < 1.29 is 0 Å². The highest BCUT2D eigenvalue weighted by Crippen LogP contribution is 2.45. The molecule has 0 spiro atoms. The van der Waals surface area contributed by atoms with E-state index in [1.807, 2.05) is 42.7 Å². The lowest BCUT2D eigenvalue weighted by Crippen LogP contribution is -2.12. The van der Waals surface area contributed by atoms with Gasteiger partial charge in [0.15, 0.2) is 0 Å². The predicted octanol–water partition coefficient (Wildman–Crippen LogP) is 10.1. The fourth-order valence-corrected chi connectivity index (χ4v) is 7.83. The van der Waals surface area contributed by atoms with Gasteiger partial charge < -0.3 is 9.13 Å². The highest BCUT2D eigenvalue weighted by Gasteiger charge is 2.28. The molecule has 0 amide bonds. The molecule has 0 radical (unpaired) electrons. The minimum atomic E-state index is -0.190. The van der Waals surface area contributed by atoms with Crippen molar-refractivity contribution in [2.45, 2.75) is 18.8 Å². The van der Waals surface area contributed by atoms with Gasteiger partial charge in [-0.25, -0.2) is 0 Å². The topological polar surface area (TPSA) is 70.3 Å². The quantitative estimate of drug-likeness (QED) is 0.195. The molecule has 0 aliphatic heterocycles. The second kappa shape index (κ2) is 11.5. The zero-order chi connectivity index (χ0) is 32.9. The molecule has 7 aromatic rings. The van der Waals surface area contributed by atoms with Crippen LogP contribution < -0.4 is 0 Å². The fourth-order valence-electron chi connectivity index (χ4n) is 7.83. The Morgan fingerprint density at radius 3 is 2.35 bits per heavy atom. The van der Waals surface area contributed by atoms with Crippen molar-refractivity contribution in [3.63, 3.8) is 0 Å². The number of allylic oxidation sites excluding steroid dienone is 7. The fraction of sp³-hybridized carbons (Fsp3) is 0.0682. The number of pyridine rings is 1. The maximum Gasteiger partial charge on any atom is 0.0995 e. The van der Waals surface area contributed by atoms with Gasteiger partial charge in [-0.15, -0.1) is 0 Å². The van der Waals surface area contributed by atoms with Gasteiger partial charge in [-0.2, -0.15) is 10.5 Å². The number of para-hydroxylation sites is 3. The number of benzene rings is 4. The second-order valence-corrected chi connectivity index (χ2v) is 12.5. The summed E-state index contributed by atoms with van der Waals surface area (Å²) in [5.74, 6) is -0.190. The maximum absolute atomic E-state index is 10.7. The Morgan fingerprint density at radius 1 is 0.714 bits per heavy atom. The molecule has 0 bridgehead atoms. The third-order valence-electron chi connectivity index (χ3n) is 9.97. The van der Waals surface area contributed by atoms with E-state index in [0.717, 1.165) is 61.8 Å². The SMILES string of the molecule is N#CC1=CC=C(c2ccccc2-n2c3c(c4ccccc42)C=CC=CC3)C(c2ccc(-n3c4ccccc4c4ccncc43)cc2C#N)C1. The molecule has 4 aromatic carbocycles. The number of hydrogen-bond acceptors (Lipinski definition) is 3. The molecular formula is C44H29N5. The number of nitriles is 2. The molecule has 5 heteroatoms. The Bertz CT molecular complexity index is 2640. The van der Waals surface area contributed by atoms with Gasteiger partial charge in [0.2, 0.25) is 0 Å². The van der Waals surface area contributed by atoms with Crippen molar-refractivity contribution in [3.05, 3.63) is 173 Å². The van der Waals surface area contributed by atoms with Crippen molar-refractivity contribution >= 4 is 44.4 Å². The van der Waals surface area contributed by atoms with E-state index in [1.54, 1.807) is 0 Å². The smallest absolute Gasteiger partial charge is 0.0995 e. The normalized spacial score (nSPS) is 15.4. The first-order valence-electron chi connectivity index (χ1n) is 16.5. The Morgan fingerprint density at radius 2 is 1.49 bits per heavy atom. The molecule has 2 aliphatic carbocycles. The van der Waals surface area contributed by atoms with E-state index in [-0.39, 0.29) is 5.92 Å². The van der Waals surface area contributed by atoms with Crippen LogP contribution in [0.2, 0.25) is 0 Å². The van der Waals surface area contributed by atoms with Crippen LogP contribution in [0.1, 0.15) is 40.3 Å². The molecule has 2 aliphatic rings. The number of fused-ring (bicyclic) bond motifs is 6. The van der Waals surface area contributed by atoms with Gasteiger partial charge in [-0.1, -0.05) is 91.0 Å². The van der Waals surface area contributed by atoms with Crippen molar-refractivity contribution in [1.82, 2.24) is 14.1 Å². The van der Waals surface area contributed by atoms with E-state index in [4.69, 9.17) is 0 Å². The van der Waals surface area contributed by atoms with E-state index in [9.17, 15) is 10.5 Å². The van der Waals surface area contributed by atoms with E-state index >= 15 is 0 Å². The standard InChI is InChI=1S/C44H29N5/c45-26-29-18-20-33(34-11-4-8-16-41(34)49-42-14-3-1-2-10-35(42)36-12-6-9-17-43(36)49)39(24-29)32-21-19-31(25-30(32)27-46)48-40-15-7-5-13-37(40)38-22-23-47-28-44(38)48/h1-13,15-23,25,28,39H,14,24H2. The van der Waals surface area contributed by atoms with Crippen molar-refractivity contribution in [2.75, 3.05) is 0 Å². The minimum Gasteiger partial charge on any atom is -0.312 e. The van der Waals surface area contributed by atoms with E-state index < -0.39 is 0 Å². The summed E-state index contributed by atoms with van der Waals surface area (Å²) < 4.78 is 4.58. The molecular weight excluding hydrogens is 599 g/mol. The van der Waals surface area contributed by atoms with Crippen LogP contribution >= 0.6 is 0 Å². The lowest BCUT2D eigenvalue weighted by molar-refractivity contribution is 0.843. The van der Waals surface area contributed by atoms with Crippen molar-refractivity contribution in [2.24, 2.45) is 0 Å². The Balaban J connectivity index is 1.22. The van der Waals surface area contributed by atoms with Gasteiger partial charge in [0.25, 0.3) is 0 Å². The van der Waals surface area contributed by atoms with Crippen LogP contribution in [-0.4, -0.2) is 14.1 Å². The van der Waals surface area contributed by atoms with Crippen LogP contribution in [0.3, 0.4) is 0 Å². The summed E-state index contributed by atoms with van der Waals surface area (Å²) in [7, 11) is 0. The summed E-state index contributed by atoms with van der Waals surface area (Å²) in [4.78, 5) is 4.43.